The SMILES string of the molecule is CCN(CC(=O)O)C(=O)NC1CCOC1C. The highest BCUT2D eigenvalue weighted by atomic mass is 16.5. The fourth-order valence-corrected chi connectivity index (χ4v) is 1.66. The lowest BCUT2D eigenvalue weighted by molar-refractivity contribution is -0.137. The van der Waals surface area contributed by atoms with Gasteiger partial charge < -0.3 is 20.1 Å². The monoisotopic (exact) mass is 230 g/mol. The van der Waals surface area contributed by atoms with Gasteiger partial charge in [0.15, 0.2) is 0 Å². The molecule has 1 fully saturated rings. The van der Waals surface area contributed by atoms with Crippen LogP contribution in [0.3, 0.4) is 0 Å². The first-order valence-electron chi connectivity index (χ1n) is 5.43. The maximum Gasteiger partial charge on any atom is 0.323 e. The van der Waals surface area contributed by atoms with Gasteiger partial charge in [-0.05, 0) is 20.3 Å². The largest absolute Gasteiger partial charge is 0.480 e. The summed E-state index contributed by atoms with van der Waals surface area (Å²) in [5.41, 5.74) is 0. The number of carbonyl (C=O) groups excluding carboxylic acids is 1. The van der Waals surface area contributed by atoms with Crippen LogP contribution >= 0.6 is 0 Å². The molecular weight excluding hydrogens is 212 g/mol. The van der Waals surface area contributed by atoms with Gasteiger partial charge in [0.25, 0.3) is 0 Å². The molecule has 0 saturated carbocycles. The van der Waals surface area contributed by atoms with E-state index in [0.717, 1.165) is 6.42 Å². The first-order chi connectivity index (χ1) is 7.54. The van der Waals surface area contributed by atoms with Crippen molar-refractivity contribution in [3.63, 3.8) is 0 Å². The number of ether oxygens (including phenoxy) is 1. The third-order valence-electron chi connectivity index (χ3n) is 2.68. The number of nitrogens with zero attached hydrogens (tertiary/aromatic N) is 1. The van der Waals surface area contributed by atoms with E-state index >= 15 is 0 Å². The van der Waals surface area contributed by atoms with Gasteiger partial charge in [-0.25, -0.2) is 4.79 Å². The van der Waals surface area contributed by atoms with Crippen LogP contribution in [0.2, 0.25) is 0 Å². The van der Waals surface area contributed by atoms with Gasteiger partial charge in [0.2, 0.25) is 0 Å². The van der Waals surface area contributed by atoms with Crippen LogP contribution in [-0.4, -0.2) is 53.8 Å². The molecule has 1 rings (SSSR count). The van der Waals surface area contributed by atoms with E-state index in [1.165, 1.54) is 4.90 Å². The summed E-state index contributed by atoms with van der Waals surface area (Å²) in [7, 11) is 0. The van der Waals surface area contributed by atoms with Crippen LogP contribution in [0.5, 0.6) is 0 Å². The molecular formula is C10H18N2O4. The molecule has 0 aromatic heterocycles. The molecule has 2 unspecified atom stereocenters. The van der Waals surface area contributed by atoms with Crippen LogP contribution in [0.25, 0.3) is 0 Å². The predicted molar refractivity (Wildman–Crippen MR) is 57.2 cm³/mol. The summed E-state index contributed by atoms with van der Waals surface area (Å²) in [6.07, 6.45) is 0.768. The van der Waals surface area contributed by atoms with E-state index in [9.17, 15) is 9.59 Å². The Morgan fingerprint density at radius 3 is 2.69 bits per heavy atom. The Labute approximate surface area is 94.6 Å². The van der Waals surface area contributed by atoms with E-state index < -0.39 is 5.97 Å². The zero-order valence-corrected chi connectivity index (χ0v) is 9.60. The molecule has 0 bridgehead atoms. The zero-order chi connectivity index (χ0) is 12.1. The molecule has 1 aliphatic rings. The molecule has 6 heteroatoms. The lowest BCUT2D eigenvalue weighted by Gasteiger charge is -2.23. The van der Waals surface area contributed by atoms with E-state index in [4.69, 9.17) is 9.84 Å². The fourth-order valence-electron chi connectivity index (χ4n) is 1.66. The van der Waals surface area contributed by atoms with Crippen LogP contribution in [-0.2, 0) is 9.53 Å². The van der Waals surface area contributed by atoms with Crippen molar-refractivity contribution >= 4 is 12.0 Å². The Kier molecular flexibility index (Phi) is 4.54. The molecule has 6 nitrogen and oxygen atoms in total. The van der Waals surface area contributed by atoms with Crippen LogP contribution in [0.1, 0.15) is 20.3 Å². The summed E-state index contributed by atoms with van der Waals surface area (Å²) in [6, 6.07) is -0.359. The van der Waals surface area contributed by atoms with Crippen molar-refractivity contribution in [1.29, 1.82) is 0 Å². The van der Waals surface area contributed by atoms with Crippen LogP contribution in [0.4, 0.5) is 4.79 Å². The Bertz CT molecular complexity index is 270. The van der Waals surface area contributed by atoms with Crippen LogP contribution in [0.15, 0.2) is 0 Å². The number of urea groups is 1. The van der Waals surface area contributed by atoms with Crippen molar-refractivity contribution in [1.82, 2.24) is 10.2 Å². The van der Waals surface area contributed by atoms with Gasteiger partial charge in [-0.3, -0.25) is 4.79 Å². The van der Waals surface area contributed by atoms with Gasteiger partial charge in [-0.15, -0.1) is 0 Å². The summed E-state index contributed by atoms with van der Waals surface area (Å²) in [4.78, 5) is 23.5. The van der Waals surface area contributed by atoms with Crippen molar-refractivity contribution < 1.29 is 19.4 Å². The molecule has 92 valence electrons. The van der Waals surface area contributed by atoms with E-state index in [1.807, 2.05) is 6.92 Å². The molecule has 16 heavy (non-hydrogen) atoms. The highest BCUT2D eigenvalue weighted by Crippen LogP contribution is 2.12. The summed E-state index contributed by atoms with van der Waals surface area (Å²) in [5.74, 6) is -1.01. The van der Waals surface area contributed by atoms with E-state index in [-0.39, 0.29) is 24.7 Å². The van der Waals surface area contributed by atoms with Gasteiger partial charge in [-0.2, -0.15) is 0 Å². The van der Waals surface area contributed by atoms with Crippen molar-refractivity contribution in [2.75, 3.05) is 19.7 Å². The number of carboxylic acid groups (broad SMARTS) is 1. The standard InChI is InChI=1S/C10H18N2O4/c1-3-12(6-9(13)14)10(15)11-8-4-5-16-7(8)2/h7-8H,3-6H2,1-2H3,(H,11,15)(H,13,14). The van der Waals surface area contributed by atoms with Crippen molar-refractivity contribution in [3.05, 3.63) is 0 Å². The molecule has 1 aliphatic heterocycles. The summed E-state index contributed by atoms with van der Waals surface area (Å²) in [6.45, 7) is 4.38. The number of aliphatic carboxylic acids is 1. The van der Waals surface area contributed by atoms with E-state index in [0.29, 0.717) is 13.2 Å². The van der Waals surface area contributed by atoms with Gasteiger partial charge in [0.1, 0.15) is 6.54 Å². The number of nitrogens with one attached hydrogen (secondary N) is 1. The lowest BCUT2D eigenvalue weighted by atomic mass is 10.2. The molecule has 2 atom stereocenters. The summed E-state index contributed by atoms with van der Waals surface area (Å²) < 4.78 is 5.31. The molecule has 0 aromatic rings. The van der Waals surface area contributed by atoms with Gasteiger partial charge in [0.05, 0.1) is 12.1 Å². The minimum atomic E-state index is -1.01. The predicted octanol–water partition coefficient (Wildman–Crippen LogP) is 0.280. The average Bonchev–Trinajstić information content (AvgIpc) is 2.60. The Balaban J connectivity index is 2.45. The fraction of sp³-hybridized carbons (Fsp3) is 0.800. The summed E-state index contributed by atoms with van der Waals surface area (Å²) >= 11 is 0. The lowest BCUT2D eigenvalue weighted by Crippen LogP contribution is -2.48. The quantitative estimate of drug-likeness (QED) is 0.727. The second-order valence-corrected chi connectivity index (χ2v) is 3.83. The maximum absolute atomic E-state index is 11.7. The Hall–Kier alpha value is -1.30. The number of likely N-dealkylation sites (N-methyl/N-ethyl adjacent to an activating group) is 1. The second kappa shape index (κ2) is 5.69. The topological polar surface area (TPSA) is 78.9 Å². The molecule has 0 aromatic carbocycles. The van der Waals surface area contributed by atoms with Gasteiger partial charge in [0, 0.05) is 13.2 Å². The minimum Gasteiger partial charge on any atom is -0.480 e. The molecule has 0 radical (unpaired) electrons. The van der Waals surface area contributed by atoms with E-state index in [2.05, 4.69) is 5.32 Å². The number of hydrogen-bond donors (Lipinski definition) is 2. The van der Waals surface area contributed by atoms with Crippen molar-refractivity contribution in [2.24, 2.45) is 0 Å². The smallest absolute Gasteiger partial charge is 0.323 e. The third-order valence-corrected chi connectivity index (χ3v) is 2.68. The average molecular weight is 230 g/mol. The van der Waals surface area contributed by atoms with Gasteiger partial charge >= 0.3 is 12.0 Å². The van der Waals surface area contributed by atoms with Crippen molar-refractivity contribution in [2.45, 2.75) is 32.4 Å². The Morgan fingerprint density at radius 2 is 2.25 bits per heavy atom. The molecule has 2 amide bonds. The Morgan fingerprint density at radius 1 is 1.56 bits per heavy atom. The van der Waals surface area contributed by atoms with E-state index in [1.54, 1.807) is 6.92 Å². The summed E-state index contributed by atoms with van der Waals surface area (Å²) in [5, 5.41) is 11.4. The van der Waals surface area contributed by atoms with Crippen molar-refractivity contribution in [3.8, 4) is 0 Å². The second-order valence-electron chi connectivity index (χ2n) is 3.83. The maximum atomic E-state index is 11.7. The first-order valence-corrected chi connectivity index (χ1v) is 5.43. The molecule has 0 spiro atoms. The number of amides is 2. The van der Waals surface area contributed by atoms with Gasteiger partial charge in [-0.1, -0.05) is 0 Å². The molecule has 2 N–H and O–H groups in total. The van der Waals surface area contributed by atoms with Crippen LogP contribution < -0.4 is 5.32 Å². The first kappa shape index (κ1) is 12.8. The highest BCUT2D eigenvalue weighted by molar-refractivity contribution is 5.80. The zero-order valence-electron chi connectivity index (χ0n) is 9.60. The van der Waals surface area contributed by atoms with Crippen LogP contribution in [0, 0.1) is 0 Å². The number of carboxylic acids is 1. The normalized spacial score (nSPS) is 24.1. The highest BCUT2D eigenvalue weighted by Gasteiger charge is 2.27. The number of hydrogen-bond acceptors (Lipinski definition) is 3. The molecule has 1 saturated heterocycles. The number of carbonyl (C=O) groups is 2. The third kappa shape index (κ3) is 3.37. The number of rotatable bonds is 4. The minimum absolute atomic E-state index is 0.00696. The molecule has 0 aliphatic carbocycles. The molecule has 1 heterocycles.